The standard InChI is InChI=1S/C11H16ClN3O2S/c1-3-9-10(12)13-7-14-11(9)15-4-5-18(16,17)6-8(15)2/h7-8H,3-6H2,1-2H3. The van der Waals surface area contributed by atoms with Gasteiger partial charge in [-0.05, 0) is 13.3 Å². The van der Waals surface area contributed by atoms with E-state index in [-0.39, 0.29) is 17.5 Å². The van der Waals surface area contributed by atoms with Crippen LogP contribution in [0.15, 0.2) is 6.33 Å². The summed E-state index contributed by atoms with van der Waals surface area (Å²) in [7, 11) is -2.92. The van der Waals surface area contributed by atoms with Gasteiger partial charge >= 0.3 is 0 Å². The van der Waals surface area contributed by atoms with Gasteiger partial charge in [0.05, 0.1) is 11.5 Å². The Bertz CT molecular complexity index is 547. The SMILES string of the molecule is CCc1c(Cl)ncnc1N1CCS(=O)(=O)CC1C. The molecule has 0 aliphatic carbocycles. The molecule has 1 aliphatic rings. The lowest BCUT2D eigenvalue weighted by Crippen LogP contribution is -2.47. The van der Waals surface area contributed by atoms with Crippen LogP contribution in [-0.2, 0) is 16.3 Å². The van der Waals surface area contributed by atoms with Gasteiger partial charge in [-0.15, -0.1) is 0 Å². The number of rotatable bonds is 2. The van der Waals surface area contributed by atoms with Crippen LogP contribution in [0, 0.1) is 0 Å². The van der Waals surface area contributed by atoms with Crippen LogP contribution >= 0.6 is 11.6 Å². The van der Waals surface area contributed by atoms with Crippen molar-refractivity contribution in [2.24, 2.45) is 0 Å². The Hall–Kier alpha value is -0.880. The van der Waals surface area contributed by atoms with Gasteiger partial charge in [0.25, 0.3) is 0 Å². The second kappa shape index (κ2) is 5.01. The highest BCUT2D eigenvalue weighted by atomic mass is 35.5. The predicted molar refractivity (Wildman–Crippen MR) is 71.9 cm³/mol. The van der Waals surface area contributed by atoms with Gasteiger partial charge in [0.15, 0.2) is 9.84 Å². The van der Waals surface area contributed by atoms with E-state index in [1.165, 1.54) is 6.33 Å². The highest BCUT2D eigenvalue weighted by Crippen LogP contribution is 2.27. The van der Waals surface area contributed by atoms with E-state index in [0.29, 0.717) is 11.7 Å². The molecule has 18 heavy (non-hydrogen) atoms. The van der Waals surface area contributed by atoms with E-state index in [4.69, 9.17) is 11.6 Å². The van der Waals surface area contributed by atoms with Gasteiger partial charge in [-0.3, -0.25) is 0 Å². The number of sulfone groups is 1. The lowest BCUT2D eigenvalue weighted by Gasteiger charge is -2.35. The van der Waals surface area contributed by atoms with Crippen molar-refractivity contribution in [2.45, 2.75) is 26.3 Å². The molecule has 2 heterocycles. The van der Waals surface area contributed by atoms with Gasteiger partial charge < -0.3 is 4.90 Å². The number of anilines is 1. The van der Waals surface area contributed by atoms with Crippen LogP contribution in [0.5, 0.6) is 0 Å². The summed E-state index contributed by atoms with van der Waals surface area (Å²) in [4.78, 5) is 10.2. The van der Waals surface area contributed by atoms with Crippen molar-refractivity contribution in [2.75, 3.05) is 23.0 Å². The lowest BCUT2D eigenvalue weighted by molar-refractivity contribution is 0.566. The Balaban J connectivity index is 2.36. The van der Waals surface area contributed by atoms with Crippen LogP contribution in [0.3, 0.4) is 0 Å². The monoisotopic (exact) mass is 289 g/mol. The average molecular weight is 290 g/mol. The zero-order valence-corrected chi connectivity index (χ0v) is 12.0. The molecule has 0 aromatic carbocycles. The summed E-state index contributed by atoms with van der Waals surface area (Å²) < 4.78 is 23.1. The molecule has 1 unspecified atom stereocenters. The first-order chi connectivity index (χ1) is 8.44. The van der Waals surface area contributed by atoms with E-state index < -0.39 is 9.84 Å². The normalized spacial score (nSPS) is 23.1. The molecule has 0 radical (unpaired) electrons. The van der Waals surface area contributed by atoms with Crippen LogP contribution in [0.2, 0.25) is 5.15 Å². The minimum Gasteiger partial charge on any atom is -0.351 e. The molecule has 1 atom stereocenters. The fourth-order valence-electron chi connectivity index (χ4n) is 2.25. The van der Waals surface area contributed by atoms with Crippen LogP contribution in [0.1, 0.15) is 19.4 Å². The fraction of sp³-hybridized carbons (Fsp3) is 0.636. The molecule has 1 aromatic heterocycles. The summed E-state index contributed by atoms with van der Waals surface area (Å²) in [6.45, 7) is 4.34. The zero-order chi connectivity index (χ0) is 13.3. The second-order valence-electron chi connectivity index (χ2n) is 4.48. The van der Waals surface area contributed by atoms with E-state index in [2.05, 4.69) is 9.97 Å². The first-order valence-electron chi connectivity index (χ1n) is 5.91. The summed E-state index contributed by atoms with van der Waals surface area (Å²) in [5.41, 5.74) is 0.880. The third kappa shape index (κ3) is 2.59. The molecular formula is C11H16ClN3O2S. The van der Waals surface area contributed by atoms with Crippen LogP contribution in [0.4, 0.5) is 5.82 Å². The minimum atomic E-state index is -2.92. The highest BCUT2D eigenvalue weighted by Gasteiger charge is 2.30. The molecule has 1 aromatic rings. The summed E-state index contributed by atoms with van der Waals surface area (Å²) in [5.74, 6) is 1.10. The molecule has 1 aliphatic heterocycles. The third-order valence-corrected chi connectivity index (χ3v) is 5.29. The van der Waals surface area contributed by atoms with E-state index in [1.807, 2.05) is 18.7 Å². The predicted octanol–water partition coefficient (Wildman–Crippen LogP) is 1.32. The first-order valence-corrected chi connectivity index (χ1v) is 8.11. The quantitative estimate of drug-likeness (QED) is 0.768. The number of aromatic nitrogens is 2. The Labute approximate surface area is 112 Å². The van der Waals surface area contributed by atoms with Crippen LogP contribution in [0.25, 0.3) is 0 Å². The highest BCUT2D eigenvalue weighted by molar-refractivity contribution is 7.91. The maximum absolute atomic E-state index is 11.6. The molecule has 0 spiro atoms. The van der Waals surface area contributed by atoms with Gasteiger partial charge in [-0.2, -0.15) is 0 Å². The summed E-state index contributed by atoms with van der Waals surface area (Å²) >= 11 is 6.06. The van der Waals surface area contributed by atoms with Gasteiger partial charge in [0.2, 0.25) is 0 Å². The van der Waals surface area contributed by atoms with E-state index in [1.54, 1.807) is 0 Å². The maximum Gasteiger partial charge on any atom is 0.154 e. The third-order valence-electron chi connectivity index (χ3n) is 3.17. The number of halogens is 1. The fourth-order valence-corrected chi connectivity index (χ4v) is 4.07. The van der Waals surface area contributed by atoms with Crippen molar-refractivity contribution < 1.29 is 8.42 Å². The molecule has 1 fully saturated rings. The number of nitrogens with zero attached hydrogens (tertiary/aromatic N) is 3. The van der Waals surface area contributed by atoms with Crippen molar-refractivity contribution >= 4 is 27.3 Å². The summed E-state index contributed by atoms with van der Waals surface area (Å²) in [6, 6.07) is -0.0833. The molecule has 0 bridgehead atoms. The van der Waals surface area contributed by atoms with Crippen molar-refractivity contribution in [3.8, 4) is 0 Å². The Kier molecular flexibility index (Phi) is 3.77. The van der Waals surface area contributed by atoms with E-state index in [0.717, 1.165) is 17.8 Å². The Morgan fingerprint density at radius 3 is 2.83 bits per heavy atom. The average Bonchev–Trinajstić information content (AvgIpc) is 2.27. The van der Waals surface area contributed by atoms with Crippen molar-refractivity contribution in [1.29, 1.82) is 0 Å². The van der Waals surface area contributed by atoms with E-state index in [9.17, 15) is 8.42 Å². The number of hydrogen-bond acceptors (Lipinski definition) is 5. The first kappa shape index (κ1) is 13.5. The van der Waals surface area contributed by atoms with Crippen LogP contribution in [-0.4, -0.2) is 42.5 Å². The molecule has 100 valence electrons. The summed E-state index contributed by atoms with van der Waals surface area (Å²) in [5, 5.41) is 0.447. The Morgan fingerprint density at radius 1 is 1.50 bits per heavy atom. The van der Waals surface area contributed by atoms with Gasteiger partial charge in [0, 0.05) is 18.2 Å². The Morgan fingerprint density at radius 2 is 2.22 bits per heavy atom. The largest absolute Gasteiger partial charge is 0.351 e. The lowest BCUT2D eigenvalue weighted by atomic mass is 10.2. The molecule has 0 N–H and O–H groups in total. The van der Waals surface area contributed by atoms with Gasteiger partial charge in [-0.25, -0.2) is 18.4 Å². The molecule has 0 saturated carbocycles. The summed E-state index contributed by atoms with van der Waals surface area (Å²) in [6.07, 6.45) is 2.15. The van der Waals surface area contributed by atoms with Crippen molar-refractivity contribution in [1.82, 2.24) is 9.97 Å². The molecular weight excluding hydrogens is 274 g/mol. The topological polar surface area (TPSA) is 63.2 Å². The maximum atomic E-state index is 11.6. The molecule has 2 rings (SSSR count). The minimum absolute atomic E-state index is 0.0833. The molecule has 5 nitrogen and oxygen atoms in total. The van der Waals surface area contributed by atoms with Crippen molar-refractivity contribution in [3.05, 3.63) is 17.0 Å². The van der Waals surface area contributed by atoms with Gasteiger partial charge in [0.1, 0.15) is 17.3 Å². The molecule has 1 saturated heterocycles. The number of hydrogen-bond donors (Lipinski definition) is 0. The van der Waals surface area contributed by atoms with Gasteiger partial charge in [-0.1, -0.05) is 18.5 Å². The molecule has 0 amide bonds. The molecule has 7 heteroatoms. The van der Waals surface area contributed by atoms with E-state index >= 15 is 0 Å². The smallest absolute Gasteiger partial charge is 0.154 e. The zero-order valence-electron chi connectivity index (χ0n) is 10.4. The second-order valence-corrected chi connectivity index (χ2v) is 7.06. The van der Waals surface area contributed by atoms with Crippen molar-refractivity contribution in [3.63, 3.8) is 0 Å². The van der Waals surface area contributed by atoms with Crippen LogP contribution < -0.4 is 4.90 Å².